The minimum absolute atomic E-state index is 0.0230. The number of hydrogen-bond acceptors (Lipinski definition) is 8. The van der Waals surface area contributed by atoms with Gasteiger partial charge in [0.2, 0.25) is 18.6 Å². The van der Waals surface area contributed by atoms with E-state index in [2.05, 4.69) is 15.3 Å². The summed E-state index contributed by atoms with van der Waals surface area (Å²) < 4.78 is 10.3. The molecule has 3 N–H and O–H groups in total. The Hall–Kier alpha value is -3.70. The van der Waals surface area contributed by atoms with Gasteiger partial charge in [0.15, 0.2) is 0 Å². The van der Waals surface area contributed by atoms with Crippen LogP contribution in [0.3, 0.4) is 0 Å². The number of β-lactam (4-membered cyclic amide) rings is 1. The smallest absolute Gasteiger partial charge is 0.358 e. The molecule has 0 aliphatic carbocycles. The van der Waals surface area contributed by atoms with Crippen molar-refractivity contribution in [3.8, 4) is 0 Å². The lowest BCUT2D eigenvalue weighted by Crippen LogP contribution is -2.61. The lowest BCUT2D eigenvalue weighted by Gasteiger charge is -2.44. The third-order valence-electron chi connectivity index (χ3n) is 6.70. The van der Waals surface area contributed by atoms with Crippen LogP contribution in [0.4, 0.5) is 0 Å². The number of imidazole rings is 1. The molecule has 0 bridgehead atoms. The van der Waals surface area contributed by atoms with Crippen LogP contribution in [0.2, 0.25) is 5.02 Å². The molecule has 2 aliphatic rings. The number of ether oxygens (including phenoxy) is 2. The van der Waals surface area contributed by atoms with Crippen molar-refractivity contribution in [1.82, 2.24) is 20.2 Å². The van der Waals surface area contributed by atoms with E-state index in [0.717, 1.165) is 5.69 Å². The molecule has 1 aromatic carbocycles. The predicted molar refractivity (Wildman–Crippen MR) is 139 cm³/mol. The van der Waals surface area contributed by atoms with Gasteiger partial charge in [0.25, 0.3) is 0 Å². The van der Waals surface area contributed by atoms with Gasteiger partial charge in [-0.3, -0.25) is 14.4 Å². The number of aliphatic hydroxyl groups excluding tert-OH is 1. The molecule has 208 valence electrons. The molecule has 0 unspecified atom stereocenters. The zero-order valence-electron chi connectivity index (χ0n) is 22.1. The summed E-state index contributed by atoms with van der Waals surface area (Å²) in [5.74, 6) is -2.65. The van der Waals surface area contributed by atoms with Crippen molar-refractivity contribution < 1.29 is 33.8 Å². The van der Waals surface area contributed by atoms with Gasteiger partial charge in [-0.05, 0) is 56.9 Å². The number of fused-ring (bicyclic) bond motifs is 1. The number of benzene rings is 1. The van der Waals surface area contributed by atoms with E-state index in [-0.39, 0.29) is 23.9 Å². The van der Waals surface area contributed by atoms with E-state index < -0.39 is 42.2 Å². The highest BCUT2D eigenvalue weighted by Crippen LogP contribution is 2.47. The van der Waals surface area contributed by atoms with Crippen LogP contribution in [0.5, 0.6) is 0 Å². The van der Waals surface area contributed by atoms with Gasteiger partial charge in [-0.25, -0.2) is 9.78 Å². The van der Waals surface area contributed by atoms with E-state index in [1.165, 1.54) is 18.2 Å². The van der Waals surface area contributed by atoms with E-state index in [1.54, 1.807) is 45.2 Å². The molecule has 3 atom stereocenters. The molecule has 4 rings (SSSR count). The largest absolute Gasteiger partial charge is 0.427 e. The number of esters is 2. The van der Waals surface area contributed by atoms with E-state index >= 15 is 0 Å². The maximum Gasteiger partial charge on any atom is 0.358 e. The Kier molecular flexibility index (Phi) is 8.12. The lowest BCUT2D eigenvalue weighted by atomic mass is 9.82. The molecule has 3 heterocycles. The van der Waals surface area contributed by atoms with Gasteiger partial charge in [0.05, 0.1) is 48.5 Å². The predicted octanol–water partition coefficient (Wildman–Crippen LogP) is 2.33. The number of aromatic amines is 1. The topological polar surface area (TPSA) is 151 Å². The molecular formula is C27H31ClN4O7. The van der Waals surface area contributed by atoms with Gasteiger partial charge in [0.1, 0.15) is 5.70 Å². The Morgan fingerprint density at radius 3 is 2.64 bits per heavy atom. The molecule has 1 aromatic heterocycles. The van der Waals surface area contributed by atoms with Gasteiger partial charge >= 0.3 is 11.9 Å². The highest BCUT2D eigenvalue weighted by Gasteiger charge is 2.57. The van der Waals surface area contributed by atoms with Crippen LogP contribution in [-0.2, 0) is 41.6 Å². The van der Waals surface area contributed by atoms with E-state index in [9.17, 15) is 24.3 Å². The van der Waals surface area contributed by atoms with Crippen LogP contribution in [0.15, 0.2) is 36.4 Å². The summed E-state index contributed by atoms with van der Waals surface area (Å²) in [6.45, 7) is 6.24. The molecule has 12 heteroatoms. The van der Waals surface area contributed by atoms with Crippen LogP contribution < -0.4 is 5.32 Å². The van der Waals surface area contributed by atoms with E-state index in [0.29, 0.717) is 34.7 Å². The average molecular weight is 559 g/mol. The molecule has 0 saturated carbocycles. The van der Waals surface area contributed by atoms with Crippen LogP contribution in [0.1, 0.15) is 50.9 Å². The zero-order valence-corrected chi connectivity index (χ0v) is 22.9. The van der Waals surface area contributed by atoms with Crippen molar-refractivity contribution in [2.24, 2.45) is 11.3 Å². The van der Waals surface area contributed by atoms with E-state index in [1.807, 2.05) is 0 Å². The molecule has 1 fully saturated rings. The van der Waals surface area contributed by atoms with Gasteiger partial charge in [-0.15, -0.1) is 0 Å². The van der Waals surface area contributed by atoms with Crippen molar-refractivity contribution >= 4 is 40.9 Å². The third kappa shape index (κ3) is 5.99. The van der Waals surface area contributed by atoms with Crippen molar-refractivity contribution in [2.45, 2.75) is 59.2 Å². The van der Waals surface area contributed by atoms with Crippen molar-refractivity contribution in [3.05, 3.63) is 58.3 Å². The minimum Gasteiger partial charge on any atom is -0.427 e. The molecule has 39 heavy (non-hydrogen) atoms. The number of carbonyl (C=O) groups is 4. The van der Waals surface area contributed by atoms with Crippen molar-refractivity contribution in [2.75, 3.05) is 6.79 Å². The molecule has 2 aromatic rings. The first kappa shape index (κ1) is 28.3. The number of nitrogens with one attached hydrogen (secondary N) is 2. The number of amides is 2. The summed E-state index contributed by atoms with van der Waals surface area (Å²) in [7, 11) is 0. The standard InChI is InChI=1S/C27H31ClN4O7/c1-14(33)22-20-9-18(23(32(20)24(22)35)25(36)38-13-39-26(37)27(2,3)4)15-5-6-16(19(28)7-15)8-21(34)30-11-17-10-29-12-31-17/h5-7,10,12,14,20,22,33H,8-9,11,13H2,1-4H3,(H,29,31)(H,30,34)/t14-,20-,22-/m1/s1. The number of H-pyrrole nitrogens is 1. The van der Waals surface area contributed by atoms with Gasteiger partial charge in [-0.2, -0.15) is 0 Å². The highest BCUT2D eigenvalue weighted by atomic mass is 35.5. The number of rotatable bonds is 9. The molecule has 2 amide bonds. The number of carbonyl (C=O) groups excluding carboxylic acids is 4. The number of nitrogens with zero attached hydrogens (tertiary/aromatic N) is 2. The molecule has 11 nitrogen and oxygen atoms in total. The van der Waals surface area contributed by atoms with Crippen molar-refractivity contribution in [1.29, 1.82) is 0 Å². The summed E-state index contributed by atoms with van der Waals surface area (Å²) in [6.07, 6.45) is 2.59. The van der Waals surface area contributed by atoms with Gasteiger partial charge in [-0.1, -0.05) is 23.7 Å². The van der Waals surface area contributed by atoms with Crippen LogP contribution >= 0.6 is 11.6 Å². The van der Waals surface area contributed by atoms with E-state index in [4.69, 9.17) is 21.1 Å². The Labute approximate surface area is 230 Å². The third-order valence-corrected chi connectivity index (χ3v) is 7.05. The average Bonchev–Trinajstić information content (AvgIpc) is 3.49. The quantitative estimate of drug-likeness (QED) is 0.241. The number of aliphatic hydroxyl groups is 1. The fourth-order valence-corrected chi connectivity index (χ4v) is 4.87. The second-order valence-electron chi connectivity index (χ2n) is 10.6. The van der Waals surface area contributed by atoms with Gasteiger partial charge < -0.3 is 29.8 Å². The van der Waals surface area contributed by atoms with Gasteiger partial charge in [0, 0.05) is 11.2 Å². The van der Waals surface area contributed by atoms with Crippen molar-refractivity contribution in [3.63, 3.8) is 0 Å². The molecular weight excluding hydrogens is 528 g/mol. The zero-order chi connectivity index (χ0) is 28.5. The molecule has 2 aliphatic heterocycles. The highest BCUT2D eigenvalue weighted by molar-refractivity contribution is 6.31. The molecule has 0 radical (unpaired) electrons. The summed E-state index contributed by atoms with van der Waals surface area (Å²) in [6, 6.07) is 4.63. The fourth-order valence-electron chi connectivity index (χ4n) is 4.63. The summed E-state index contributed by atoms with van der Waals surface area (Å²) >= 11 is 6.52. The Morgan fingerprint density at radius 2 is 2.03 bits per heavy atom. The summed E-state index contributed by atoms with van der Waals surface area (Å²) in [5.41, 5.74) is 1.69. The second kappa shape index (κ2) is 11.2. The first-order chi connectivity index (χ1) is 18.4. The monoisotopic (exact) mass is 558 g/mol. The maximum absolute atomic E-state index is 13.1. The number of hydrogen-bond donors (Lipinski definition) is 3. The SMILES string of the molecule is C[C@@H](O)[C@H]1C(=O)N2C(C(=O)OCOC(=O)C(C)(C)C)=C(c3ccc(CC(=O)NCc4cnc[nH]4)c(Cl)c3)C[C@H]12. The number of halogens is 1. The lowest BCUT2D eigenvalue weighted by molar-refractivity contribution is -0.175. The van der Waals surface area contributed by atoms with Crippen LogP contribution in [0, 0.1) is 11.3 Å². The second-order valence-corrected chi connectivity index (χ2v) is 11.0. The maximum atomic E-state index is 13.1. The Bertz CT molecular complexity index is 1310. The Balaban J connectivity index is 1.52. The fraction of sp³-hybridized carbons (Fsp3) is 0.444. The minimum atomic E-state index is -0.894. The van der Waals surface area contributed by atoms with Crippen LogP contribution in [-0.4, -0.2) is 62.7 Å². The first-order valence-corrected chi connectivity index (χ1v) is 12.9. The molecule has 1 saturated heterocycles. The number of aromatic nitrogens is 2. The Morgan fingerprint density at radius 1 is 1.28 bits per heavy atom. The first-order valence-electron chi connectivity index (χ1n) is 12.5. The molecule has 0 spiro atoms. The van der Waals surface area contributed by atoms with Crippen LogP contribution in [0.25, 0.3) is 5.57 Å². The summed E-state index contributed by atoms with van der Waals surface area (Å²) in [5, 5.41) is 13.2. The normalized spacial score (nSPS) is 19.3. The summed E-state index contributed by atoms with van der Waals surface area (Å²) in [4.78, 5) is 58.5.